The predicted molar refractivity (Wildman–Crippen MR) is 117 cm³/mol. The molecule has 1 heterocycles. The monoisotopic (exact) mass is 451 g/mol. The second-order valence-electron chi connectivity index (χ2n) is 7.27. The Balaban J connectivity index is 1.98. The molecule has 1 N–H and O–H groups in total. The Bertz CT molecular complexity index is 1270. The molecule has 3 aromatic carbocycles. The highest BCUT2D eigenvalue weighted by atomic mass is 19.1. The van der Waals surface area contributed by atoms with Gasteiger partial charge in [-0.3, -0.25) is 14.5 Å². The molecule has 8 heteroatoms. The number of hydrogen-bond donors (Lipinski definition) is 1. The molecule has 4 rings (SSSR count). The molecule has 168 valence electrons. The maximum absolute atomic E-state index is 14.0. The Morgan fingerprint density at radius 1 is 0.909 bits per heavy atom. The quantitative estimate of drug-likeness (QED) is 0.348. The largest absolute Gasteiger partial charge is 0.507 e. The molecular weight excluding hydrogens is 432 g/mol. The summed E-state index contributed by atoms with van der Waals surface area (Å²) in [5.74, 6) is -3.12. The highest BCUT2D eigenvalue weighted by Gasteiger charge is 2.47. The van der Waals surface area contributed by atoms with Crippen LogP contribution in [0.5, 0.6) is 11.5 Å². The number of carbonyl (C=O) groups excluding carboxylic acids is 2. The van der Waals surface area contributed by atoms with Crippen LogP contribution in [-0.2, 0) is 9.59 Å². The van der Waals surface area contributed by atoms with Gasteiger partial charge in [0, 0.05) is 11.8 Å². The lowest BCUT2D eigenvalue weighted by Gasteiger charge is -2.26. The van der Waals surface area contributed by atoms with E-state index in [0.29, 0.717) is 17.0 Å². The first-order valence-corrected chi connectivity index (χ1v) is 9.90. The second kappa shape index (κ2) is 8.74. The van der Waals surface area contributed by atoms with Crippen LogP contribution in [0.4, 0.5) is 14.5 Å². The minimum absolute atomic E-state index is 0.0896. The van der Waals surface area contributed by atoms with Crippen LogP contribution in [0.2, 0.25) is 0 Å². The van der Waals surface area contributed by atoms with E-state index in [9.17, 15) is 23.5 Å². The molecule has 0 radical (unpaired) electrons. The third kappa shape index (κ3) is 3.91. The summed E-state index contributed by atoms with van der Waals surface area (Å²) in [5.41, 5.74) is 0.331. The lowest BCUT2D eigenvalue weighted by Crippen LogP contribution is -2.29. The minimum atomic E-state index is -1.11. The van der Waals surface area contributed by atoms with Gasteiger partial charge < -0.3 is 14.6 Å². The molecule has 6 nitrogen and oxygen atoms in total. The lowest BCUT2D eigenvalue weighted by molar-refractivity contribution is -0.132. The standard InChI is InChI=1S/C25H19F2NO5/c1-32-18-5-3-4-17(13-18)28-22(14-6-8-15(26)9-7-14)21(24(30)25(28)31)23(29)19-12-16(27)10-11-20(19)33-2/h3-13,22,29H,1-2H3/b23-21+. The number of ketones is 1. The van der Waals surface area contributed by atoms with E-state index >= 15 is 0 Å². The molecule has 3 aromatic rings. The topological polar surface area (TPSA) is 76.1 Å². The maximum atomic E-state index is 14.0. The molecule has 1 atom stereocenters. The molecule has 0 aliphatic carbocycles. The molecule has 0 aromatic heterocycles. The van der Waals surface area contributed by atoms with Crippen molar-refractivity contribution in [2.45, 2.75) is 6.04 Å². The van der Waals surface area contributed by atoms with Crippen LogP contribution >= 0.6 is 0 Å². The van der Waals surface area contributed by atoms with Crippen LogP contribution in [0.15, 0.2) is 72.3 Å². The first kappa shape index (κ1) is 22.0. The van der Waals surface area contributed by atoms with Gasteiger partial charge in [0.1, 0.15) is 28.9 Å². The van der Waals surface area contributed by atoms with Gasteiger partial charge in [-0.15, -0.1) is 0 Å². The zero-order valence-corrected chi connectivity index (χ0v) is 17.7. The first-order chi connectivity index (χ1) is 15.8. The molecule has 1 aliphatic heterocycles. The molecule has 0 spiro atoms. The van der Waals surface area contributed by atoms with E-state index in [-0.39, 0.29) is 16.9 Å². The van der Waals surface area contributed by atoms with Gasteiger partial charge in [-0.25, -0.2) is 8.78 Å². The summed E-state index contributed by atoms with van der Waals surface area (Å²) in [4.78, 5) is 27.5. The third-order valence-corrected chi connectivity index (χ3v) is 5.38. The van der Waals surface area contributed by atoms with E-state index in [1.165, 1.54) is 49.5 Å². The van der Waals surface area contributed by atoms with E-state index in [0.717, 1.165) is 12.1 Å². The van der Waals surface area contributed by atoms with Crippen molar-refractivity contribution in [3.63, 3.8) is 0 Å². The van der Waals surface area contributed by atoms with E-state index in [1.54, 1.807) is 24.3 Å². The molecule has 1 aliphatic rings. The summed E-state index contributed by atoms with van der Waals surface area (Å²) in [6.45, 7) is 0. The Kier molecular flexibility index (Phi) is 5.83. The molecule has 1 unspecified atom stereocenters. The molecule has 0 saturated carbocycles. The van der Waals surface area contributed by atoms with Gasteiger partial charge in [-0.05, 0) is 48.0 Å². The number of halogens is 2. The van der Waals surface area contributed by atoms with Gasteiger partial charge in [0.05, 0.1) is 31.4 Å². The first-order valence-electron chi connectivity index (χ1n) is 9.90. The van der Waals surface area contributed by atoms with Crippen molar-refractivity contribution in [1.29, 1.82) is 0 Å². The average molecular weight is 451 g/mol. The minimum Gasteiger partial charge on any atom is -0.507 e. The molecule has 1 amide bonds. The van der Waals surface area contributed by atoms with Crippen LogP contribution in [0.1, 0.15) is 17.2 Å². The summed E-state index contributed by atoms with van der Waals surface area (Å²) >= 11 is 0. The molecule has 1 fully saturated rings. The van der Waals surface area contributed by atoms with Crippen LogP contribution in [-0.4, -0.2) is 31.0 Å². The van der Waals surface area contributed by atoms with Crippen molar-refractivity contribution in [2.75, 3.05) is 19.1 Å². The molecule has 0 bridgehead atoms. The Morgan fingerprint density at radius 2 is 1.61 bits per heavy atom. The van der Waals surface area contributed by atoms with Crippen molar-refractivity contribution in [1.82, 2.24) is 0 Å². The number of carbonyl (C=O) groups is 2. The number of methoxy groups -OCH3 is 2. The van der Waals surface area contributed by atoms with Gasteiger partial charge in [0.2, 0.25) is 0 Å². The van der Waals surface area contributed by atoms with Crippen LogP contribution in [0.25, 0.3) is 5.76 Å². The van der Waals surface area contributed by atoms with Gasteiger partial charge in [-0.2, -0.15) is 0 Å². The number of rotatable bonds is 5. The van der Waals surface area contributed by atoms with Gasteiger partial charge >= 0.3 is 0 Å². The highest BCUT2D eigenvalue weighted by molar-refractivity contribution is 6.51. The molecular formula is C25H19F2NO5. The van der Waals surface area contributed by atoms with Crippen molar-refractivity contribution in [3.05, 3.63) is 95.1 Å². The van der Waals surface area contributed by atoms with E-state index < -0.39 is 35.1 Å². The van der Waals surface area contributed by atoms with Crippen molar-refractivity contribution < 1.29 is 33.0 Å². The van der Waals surface area contributed by atoms with E-state index in [2.05, 4.69) is 0 Å². The summed E-state index contributed by atoms with van der Waals surface area (Å²) in [6.07, 6.45) is 0. The van der Waals surface area contributed by atoms with Crippen LogP contribution in [0, 0.1) is 11.6 Å². The summed E-state index contributed by atoms with van der Waals surface area (Å²) in [7, 11) is 2.79. The van der Waals surface area contributed by atoms with Crippen molar-refractivity contribution in [3.8, 4) is 11.5 Å². The Labute approximate surface area is 188 Å². The summed E-state index contributed by atoms with van der Waals surface area (Å²) < 4.78 is 38.0. The number of aliphatic hydroxyl groups excluding tert-OH is 1. The third-order valence-electron chi connectivity index (χ3n) is 5.38. The smallest absolute Gasteiger partial charge is 0.300 e. The van der Waals surface area contributed by atoms with E-state index in [1.807, 2.05) is 0 Å². The normalized spacial score (nSPS) is 17.3. The molecule has 1 saturated heterocycles. The number of nitrogens with zero attached hydrogens (tertiary/aromatic N) is 1. The predicted octanol–water partition coefficient (Wildman–Crippen LogP) is 4.61. The summed E-state index contributed by atoms with van der Waals surface area (Å²) in [5, 5.41) is 11.1. The van der Waals surface area contributed by atoms with Crippen molar-refractivity contribution >= 4 is 23.1 Å². The average Bonchev–Trinajstić information content (AvgIpc) is 3.09. The van der Waals surface area contributed by atoms with Crippen molar-refractivity contribution in [2.24, 2.45) is 0 Å². The zero-order valence-electron chi connectivity index (χ0n) is 17.7. The van der Waals surface area contributed by atoms with Crippen LogP contribution in [0.3, 0.4) is 0 Å². The lowest BCUT2D eigenvalue weighted by atomic mass is 9.94. The van der Waals surface area contributed by atoms with E-state index in [4.69, 9.17) is 9.47 Å². The summed E-state index contributed by atoms with van der Waals surface area (Å²) in [6, 6.07) is 14.0. The number of anilines is 1. The van der Waals surface area contributed by atoms with Crippen LogP contribution < -0.4 is 14.4 Å². The fourth-order valence-corrected chi connectivity index (χ4v) is 3.83. The molecule has 33 heavy (non-hydrogen) atoms. The fraction of sp³-hybridized carbons (Fsp3) is 0.120. The number of aliphatic hydroxyl groups is 1. The highest BCUT2D eigenvalue weighted by Crippen LogP contribution is 2.43. The maximum Gasteiger partial charge on any atom is 0.300 e. The Morgan fingerprint density at radius 3 is 2.27 bits per heavy atom. The van der Waals surface area contributed by atoms with Gasteiger partial charge in [0.15, 0.2) is 0 Å². The number of ether oxygens (including phenoxy) is 2. The number of amides is 1. The Hall–Kier alpha value is -4.20. The number of benzene rings is 3. The second-order valence-corrected chi connectivity index (χ2v) is 7.27. The fourth-order valence-electron chi connectivity index (χ4n) is 3.83. The van der Waals surface area contributed by atoms with Gasteiger partial charge in [0.25, 0.3) is 11.7 Å². The SMILES string of the molecule is COc1cccc(N2C(=O)C(=O)/C(=C(/O)c3cc(F)ccc3OC)C2c2ccc(F)cc2)c1. The zero-order chi connectivity index (χ0) is 23.7. The van der Waals surface area contributed by atoms with Gasteiger partial charge in [-0.1, -0.05) is 18.2 Å². The number of Topliss-reactive ketones (excluding diaryl/α,β-unsaturated/α-hetero) is 1. The number of hydrogen-bond acceptors (Lipinski definition) is 5.